The lowest BCUT2D eigenvalue weighted by Gasteiger charge is -2.03. The van der Waals surface area contributed by atoms with Crippen molar-refractivity contribution in [2.24, 2.45) is 0 Å². The Morgan fingerprint density at radius 1 is 1.22 bits per heavy atom. The van der Waals surface area contributed by atoms with Crippen molar-refractivity contribution in [2.45, 2.75) is 43.9 Å². The van der Waals surface area contributed by atoms with E-state index in [1.165, 1.54) is 11.3 Å². The molecule has 0 spiro atoms. The maximum Gasteiger partial charge on any atom is 0.250 e. The highest BCUT2D eigenvalue weighted by Gasteiger charge is 2.15. The fraction of sp³-hybridized carbons (Fsp3) is 0.667. The minimum absolute atomic E-state index is 0.409. The molecule has 0 unspecified atom stereocenters. The maximum atomic E-state index is 12.0. The Hall–Kier alpha value is -0.430. The van der Waals surface area contributed by atoms with Crippen molar-refractivity contribution >= 4 is 21.4 Å². The van der Waals surface area contributed by atoms with Crippen molar-refractivity contribution in [1.29, 1.82) is 0 Å². The molecule has 0 aliphatic heterocycles. The zero-order chi connectivity index (χ0) is 13.4. The fourth-order valence-corrected chi connectivity index (χ4v) is 3.94. The molecule has 0 fully saturated rings. The zero-order valence-electron chi connectivity index (χ0n) is 11.0. The molecule has 0 aliphatic rings. The Morgan fingerprint density at radius 3 is 2.67 bits per heavy atom. The van der Waals surface area contributed by atoms with Crippen LogP contribution < -0.4 is 10.0 Å². The second-order valence-electron chi connectivity index (χ2n) is 4.11. The lowest BCUT2D eigenvalue weighted by atomic mass is 10.3. The van der Waals surface area contributed by atoms with Crippen molar-refractivity contribution in [3.05, 3.63) is 17.0 Å². The lowest BCUT2D eigenvalue weighted by molar-refractivity contribution is 0.578. The third kappa shape index (κ3) is 5.06. The molecule has 1 rings (SSSR count). The average molecular weight is 290 g/mol. The van der Waals surface area contributed by atoms with Crippen LogP contribution in [0.4, 0.5) is 0 Å². The molecule has 0 bridgehead atoms. The van der Waals surface area contributed by atoms with E-state index < -0.39 is 10.0 Å². The maximum absolute atomic E-state index is 12.0. The summed E-state index contributed by atoms with van der Waals surface area (Å²) in [6.45, 7) is 6.26. The Morgan fingerprint density at radius 2 is 2.00 bits per heavy atom. The highest BCUT2D eigenvalue weighted by atomic mass is 32.2. The van der Waals surface area contributed by atoms with Crippen LogP contribution in [0.25, 0.3) is 0 Å². The van der Waals surface area contributed by atoms with Gasteiger partial charge in [0.2, 0.25) is 10.0 Å². The van der Waals surface area contributed by atoms with Gasteiger partial charge in [0.15, 0.2) is 0 Å². The molecule has 0 saturated heterocycles. The second kappa shape index (κ2) is 7.89. The molecule has 0 aliphatic carbocycles. The van der Waals surface area contributed by atoms with Gasteiger partial charge in [-0.1, -0.05) is 26.7 Å². The van der Waals surface area contributed by atoms with E-state index in [4.69, 9.17) is 0 Å². The van der Waals surface area contributed by atoms with E-state index in [1.54, 1.807) is 6.07 Å². The number of rotatable bonds is 9. The van der Waals surface area contributed by atoms with Crippen LogP contribution in [-0.2, 0) is 16.6 Å². The fourth-order valence-electron chi connectivity index (χ4n) is 1.50. The van der Waals surface area contributed by atoms with E-state index in [2.05, 4.69) is 17.0 Å². The SMILES string of the molecule is CCCCCNS(=O)(=O)c1ccc(CNCC)s1. The van der Waals surface area contributed by atoms with Crippen LogP contribution in [0.3, 0.4) is 0 Å². The smallest absolute Gasteiger partial charge is 0.250 e. The number of nitrogens with one attached hydrogen (secondary N) is 2. The molecule has 0 amide bonds. The van der Waals surface area contributed by atoms with E-state index >= 15 is 0 Å². The van der Waals surface area contributed by atoms with Gasteiger partial charge in [0, 0.05) is 18.0 Å². The van der Waals surface area contributed by atoms with Gasteiger partial charge in [-0.25, -0.2) is 13.1 Å². The molecule has 0 aromatic carbocycles. The average Bonchev–Trinajstić information content (AvgIpc) is 2.81. The van der Waals surface area contributed by atoms with Crippen LogP contribution in [0.1, 0.15) is 38.0 Å². The first-order chi connectivity index (χ1) is 8.60. The number of sulfonamides is 1. The summed E-state index contributed by atoms with van der Waals surface area (Å²) in [6.07, 6.45) is 3.04. The molecule has 18 heavy (non-hydrogen) atoms. The van der Waals surface area contributed by atoms with Gasteiger partial charge in [0.05, 0.1) is 0 Å². The van der Waals surface area contributed by atoms with Gasteiger partial charge in [-0.2, -0.15) is 0 Å². The Balaban J connectivity index is 2.53. The first-order valence-corrected chi connectivity index (χ1v) is 8.69. The summed E-state index contributed by atoms with van der Waals surface area (Å²) in [6, 6.07) is 3.55. The quantitative estimate of drug-likeness (QED) is 0.686. The van der Waals surface area contributed by atoms with E-state index in [0.29, 0.717) is 10.8 Å². The first kappa shape index (κ1) is 15.6. The van der Waals surface area contributed by atoms with E-state index in [0.717, 1.165) is 37.2 Å². The van der Waals surface area contributed by atoms with Crippen molar-refractivity contribution in [3.63, 3.8) is 0 Å². The third-order valence-corrected chi connectivity index (χ3v) is 5.56. The van der Waals surface area contributed by atoms with Gasteiger partial charge in [-0.15, -0.1) is 11.3 Å². The minimum atomic E-state index is -3.30. The molecule has 0 saturated carbocycles. The van der Waals surface area contributed by atoms with Gasteiger partial charge < -0.3 is 5.32 Å². The molecule has 104 valence electrons. The van der Waals surface area contributed by atoms with Crippen LogP contribution >= 0.6 is 11.3 Å². The van der Waals surface area contributed by atoms with E-state index in [9.17, 15) is 8.42 Å². The molecular weight excluding hydrogens is 268 g/mol. The minimum Gasteiger partial charge on any atom is -0.312 e. The molecule has 1 aromatic heterocycles. The predicted octanol–water partition coefficient (Wildman–Crippen LogP) is 2.33. The van der Waals surface area contributed by atoms with Crippen LogP contribution in [0.5, 0.6) is 0 Å². The molecule has 2 N–H and O–H groups in total. The monoisotopic (exact) mass is 290 g/mol. The summed E-state index contributed by atoms with van der Waals surface area (Å²) >= 11 is 1.33. The van der Waals surface area contributed by atoms with Crippen molar-refractivity contribution < 1.29 is 8.42 Å². The number of thiophene rings is 1. The summed E-state index contributed by atoms with van der Waals surface area (Å²) in [7, 11) is -3.30. The summed E-state index contributed by atoms with van der Waals surface area (Å²) in [4.78, 5) is 1.05. The van der Waals surface area contributed by atoms with E-state index in [-0.39, 0.29) is 0 Å². The van der Waals surface area contributed by atoms with Gasteiger partial charge in [0.25, 0.3) is 0 Å². The standard InChI is InChI=1S/C12H22N2O2S2/c1-3-5-6-9-14-18(15,16)12-8-7-11(17-12)10-13-4-2/h7-8,13-14H,3-6,9-10H2,1-2H3. The normalized spacial score (nSPS) is 11.9. The molecular formula is C12H22N2O2S2. The third-order valence-electron chi connectivity index (χ3n) is 2.52. The van der Waals surface area contributed by atoms with Crippen LogP contribution in [0.15, 0.2) is 16.3 Å². The Bertz CT molecular complexity index is 441. The van der Waals surface area contributed by atoms with Crippen LogP contribution in [-0.4, -0.2) is 21.5 Å². The molecule has 0 radical (unpaired) electrons. The Labute approximate surface area is 114 Å². The zero-order valence-corrected chi connectivity index (χ0v) is 12.7. The largest absolute Gasteiger partial charge is 0.312 e. The summed E-state index contributed by atoms with van der Waals surface area (Å²) < 4.78 is 27.0. The first-order valence-electron chi connectivity index (χ1n) is 6.39. The lowest BCUT2D eigenvalue weighted by Crippen LogP contribution is -2.23. The van der Waals surface area contributed by atoms with Gasteiger partial charge in [-0.05, 0) is 25.1 Å². The topological polar surface area (TPSA) is 58.2 Å². The highest BCUT2D eigenvalue weighted by molar-refractivity contribution is 7.91. The van der Waals surface area contributed by atoms with Gasteiger partial charge in [0.1, 0.15) is 4.21 Å². The number of unbranched alkanes of at least 4 members (excludes halogenated alkanes) is 2. The molecule has 1 aromatic rings. The highest BCUT2D eigenvalue weighted by Crippen LogP contribution is 2.21. The van der Waals surface area contributed by atoms with E-state index in [1.807, 2.05) is 13.0 Å². The van der Waals surface area contributed by atoms with Gasteiger partial charge in [-0.3, -0.25) is 0 Å². The molecule has 0 atom stereocenters. The molecule has 6 heteroatoms. The van der Waals surface area contributed by atoms with Crippen LogP contribution in [0.2, 0.25) is 0 Å². The summed E-state index contributed by atoms with van der Waals surface area (Å²) in [5.74, 6) is 0. The second-order valence-corrected chi connectivity index (χ2v) is 7.27. The number of hydrogen-bond donors (Lipinski definition) is 2. The van der Waals surface area contributed by atoms with Crippen LogP contribution in [0, 0.1) is 0 Å². The van der Waals surface area contributed by atoms with Gasteiger partial charge >= 0.3 is 0 Å². The Kier molecular flexibility index (Phi) is 6.85. The summed E-state index contributed by atoms with van der Waals surface area (Å²) in [5.41, 5.74) is 0. The number of hydrogen-bond acceptors (Lipinski definition) is 4. The van der Waals surface area contributed by atoms with Crippen molar-refractivity contribution in [1.82, 2.24) is 10.0 Å². The predicted molar refractivity (Wildman–Crippen MR) is 76.4 cm³/mol. The van der Waals surface area contributed by atoms with Crippen molar-refractivity contribution in [3.8, 4) is 0 Å². The molecule has 1 heterocycles. The molecule has 4 nitrogen and oxygen atoms in total. The van der Waals surface area contributed by atoms with Crippen molar-refractivity contribution in [2.75, 3.05) is 13.1 Å². The summed E-state index contributed by atoms with van der Waals surface area (Å²) in [5, 5.41) is 3.18.